The van der Waals surface area contributed by atoms with Crippen molar-refractivity contribution in [1.29, 1.82) is 0 Å². The molecule has 0 saturated carbocycles. The SMILES string of the molecule is CC(C)CC(C)N(C)c1ccc(CCN)c(Cl)c1. The molecular weight excluding hydrogens is 244 g/mol. The van der Waals surface area contributed by atoms with Gasteiger partial charge in [-0.15, -0.1) is 0 Å². The van der Waals surface area contributed by atoms with Crippen LogP contribution in [-0.4, -0.2) is 19.6 Å². The van der Waals surface area contributed by atoms with Gasteiger partial charge in [0.2, 0.25) is 0 Å². The van der Waals surface area contributed by atoms with E-state index in [-0.39, 0.29) is 0 Å². The Morgan fingerprint density at radius 3 is 2.44 bits per heavy atom. The minimum absolute atomic E-state index is 0.515. The molecular formula is C15H25ClN2. The lowest BCUT2D eigenvalue weighted by atomic mass is 10.0. The van der Waals surface area contributed by atoms with Crippen LogP contribution in [0.4, 0.5) is 5.69 Å². The van der Waals surface area contributed by atoms with Gasteiger partial charge in [-0.3, -0.25) is 0 Å². The van der Waals surface area contributed by atoms with Crippen molar-refractivity contribution in [1.82, 2.24) is 0 Å². The highest BCUT2D eigenvalue weighted by molar-refractivity contribution is 6.31. The van der Waals surface area contributed by atoms with Crippen LogP contribution in [0.3, 0.4) is 0 Å². The Hall–Kier alpha value is -0.730. The molecule has 2 nitrogen and oxygen atoms in total. The quantitative estimate of drug-likeness (QED) is 0.852. The summed E-state index contributed by atoms with van der Waals surface area (Å²) in [6.45, 7) is 7.39. The van der Waals surface area contributed by atoms with Gasteiger partial charge in [-0.2, -0.15) is 0 Å². The van der Waals surface area contributed by atoms with E-state index in [2.05, 4.69) is 44.9 Å². The Kier molecular flexibility index (Phi) is 5.97. The summed E-state index contributed by atoms with van der Waals surface area (Å²) in [4.78, 5) is 2.29. The van der Waals surface area contributed by atoms with Gasteiger partial charge in [0.15, 0.2) is 0 Å². The van der Waals surface area contributed by atoms with Crippen LogP contribution in [0.25, 0.3) is 0 Å². The van der Waals surface area contributed by atoms with Gasteiger partial charge in [-0.05, 0) is 49.9 Å². The van der Waals surface area contributed by atoms with Crippen LogP contribution in [-0.2, 0) is 6.42 Å². The number of benzene rings is 1. The van der Waals surface area contributed by atoms with E-state index in [9.17, 15) is 0 Å². The molecule has 1 rings (SSSR count). The first-order chi connectivity index (χ1) is 8.45. The highest BCUT2D eigenvalue weighted by atomic mass is 35.5. The average molecular weight is 269 g/mol. The molecule has 0 heterocycles. The van der Waals surface area contributed by atoms with E-state index in [0.717, 1.165) is 17.0 Å². The topological polar surface area (TPSA) is 29.3 Å². The van der Waals surface area contributed by atoms with Crippen molar-refractivity contribution in [2.45, 2.75) is 39.7 Å². The first kappa shape index (κ1) is 15.3. The number of halogens is 1. The molecule has 0 fully saturated rings. The first-order valence-corrected chi connectivity index (χ1v) is 7.04. The lowest BCUT2D eigenvalue weighted by molar-refractivity contribution is 0.504. The van der Waals surface area contributed by atoms with E-state index in [1.165, 1.54) is 12.1 Å². The molecule has 102 valence electrons. The van der Waals surface area contributed by atoms with E-state index in [1.54, 1.807) is 0 Å². The van der Waals surface area contributed by atoms with Crippen molar-refractivity contribution in [3.05, 3.63) is 28.8 Å². The number of hydrogen-bond donors (Lipinski definition) is 1. The van der Waals surface area contributed by atoms with Crippen LogP contribution in [0.15, 0.2) is 18.2 Å². The molecule has 1 atom stereocenters. The summed E-state index contributed by atoms with van der Waals surface area (Å²) in [7, 11) is 2.13. The van der Waals surface area contributed by atoms with Crippen LogP contribution in [0.1, 0.15) is 32.8 Å². The average Bonchev–Trinajstić information content (AvgIpc) is 2.30. The van der Waals surface area contributed by atoms with Gasteiger partial charge in [0, 0.05) is 23.8 Å². The maximum absolute atomic E-state index is 6.28. The number of nitrogens with two attached hydrogens (primary N) is 1. The Labute approximate surface area is 116 Å². The van der Waals surface area contributed by atoms with Crippen molar-refractivity contribution in [3.63, 3.8) is 0 Å². The van der Waals surface area contributed by atoms with Crippen LogP contribution in [0.5, 0.6) is 0 Å². The number of hydrogen-bond acceptors (Lipinski definition) is 2. The van der Waals surface area contributed by atoms with Gasteiger partial charge in [0.1, 0.15) is 0 Å². The Morgan fingerprint density at radius 1 is 1.28 bits per heavy atom. The van der Waals surface area contributed by atoms with E-state index in [4.69, 9.17) is 17.3 Å². The maximum Gasteiger partial charge on any atom is 0.0459 e. The number of nitrogens with zero attached hydrogens (tertiary/aromatic N) is 1. The first-order valence-electron chi connectivity index (χ1n) is 6.67. The van der Waals surface area contributed by atoms with Crippen molar-refractivity contribution in [2.75, 3.05) is 18.5 Å². The Morgan fingerprint density at radius 2 is 1.94 bits per heavy atom. The fourth-order valence-corrected chi connectivity index (χ4v) is 2.48. The molecule has 0 aliphatic heterocycles. The van der Waals surface area contributed by atoms with Crippen LogP contribution >= 0.6 is 11.6 Å². The summed E-state index contributed by atoms with van der Waals surface area (Å²) >= 11 is 6.28. The third-order valence-corrected chi connectivity index (χ3v) is 3.68. The monoisotopic (exact) mass is 268 g/mol. The fourth-order valence-electron chi connectivity index (χ4n) is 2.21. The largest absolute Gasteiger partial charge is 0.372 e. The summed E-state index contributed by atoms with van der Waals surface area (Å²) in [5.41, 5.74) is 7.87. The molecule has 0 radical (unpaired) electrons. The van der Waals surface area contributed by atoms with Crippen molar-refractivity contribution >= 4 is 17.3 Å². The Balaban J connectivity index is 2.80. The van der Waals surface area contributed by atoms with Gasteiger partial charge in [0.25, 0.3) is 0 Å². The lowest BCUT2D eigenvalue weighted by Crippen LogP contribution is -2.30. The third-order valence-electron chi connectivity index (χ3n) is 3.33. The van der Waals surface area contributed by atoms with E-state index in [1.807, 2.05) is 6.07 Å². The molecule has 0 aliphatic carbocycles. The number of anilines is 1. The molecule has 1 aromatic rings. The van der Waals surface area contributed by atoms with Gasteiger partial charge < -0.3 is 10.6 Å². The number of rotatable bonds is 6. The summed E-state index contributed by atoms with van der Waals surface area (Å²) < 4.78 is 0. The van der Waals surface area contributed by atoms with Gasteiger partial charge in [0.05, 0.1) is 0 Å². The van der Waals surface area contributed by atoms with Crippen LogP contribution in [0, 0.1) is 5.92 Å². The van der Waals surface area contributed by atoms with Gasteiger partial charge in [-0.25, -0.2) is 0 Å². The predicted molar refractivity (Wildman–Crippen MR) is 81.5 cm³/mol. The highest BCUT2D eigenvalue weighted by Crippen LogP contribution is 2.25. The normalized spacial score (nSPS) is 12.8. The van der Waals surface area contributed by atoms with Gasteiger partial charge in [-0.1, -0.05) is 31.5 Å². The minimum Gasteiger partial charge on any atom is -0.372 e. The van der Waals surface area contributed by atoms with Crippen LogP contribution in [0.2, 0.25) is 5.02 Å². The van der Waals surface area contributed by atoms with Crippen LogP contribution < -0.4 is 10.6 Å². The summed E-state index contributed by atoms with van der Waals surface area (Å²) in [6, 6.07) is 6.78. The predicted octanol–water partition coefficient (Wildman–Crippen LogP) is 3.71. The molecule has 0 bridgehead atoms. The molecule has 1 unspecified atom stereocenters. The standard InChI is InChI=1S/C15H25ClN2/c1-11(2)9-12(3)18(4)14-6-5-13(7-8-17)15(16)10-14/h5-6,10-12H,7-9,17H2,1-4H3. The minimum atomic E-state index is 0.515. The molecule has 0 aliphatic rings. The molecule has 18 heavy (non-hydrogen) atoms. The summed E-state index contributed by atoms with van der Waals surface area (Å²) in [6.07, 6.45) is 2.02. The lowest BCUT2D eigenvalue weighted by Gasteiger charge is -2.28. The molecule has 3 heteroatoms. The second kappa shape index (κ2) is 7.01. The zero-order valence-electron chi connectivity index (χ0n) is 11.9. The smallest absolute Gasteiger partial charge is 0.0459 e. The Bertz CT molecular complexity index is 377. The van der Waals surface area contributed by atoms with E-state index in [0.29, 0.717) is 18.5 Å². The molecule has 0 amide bonds. The van der Waals surface area contributed by atoms with Crippen molar-refractivity contribution < 1.29 is 0 Å². The summed E-state index contributed by atoms with van der Waals surface area (Å²) in [5.74, 6) is 0.703. The van der Waals surface area contributed by atoms with Crippen molar-refractivity contribution in [2.24, 2.45) is 11.7 Å². The maximum atomic E-state index is 6.28. The van der Waals surface area contributed by atoms with E-state index < -0.39 is 0 Å². The molecule has 1 aromatic carbocycles. The van der Waals surface area contributed by atoms with E-state index >= 15 is 0 Å². The van der Waals surface area contributed by atoms with Gasteiger partial charge >= 0.3 is 0 Å². The second-order valence-corrected chi connectivity index (χ2v) is 5.81. The second-order valence-electron chi connectivity index (χ2n) is 5.40. The highest BCUT2D eigenvalue weighted by Gasteiger charge is 2.12. The zero-order chi connectivity index (χ0) is 13.7. The molecule has 0 saturated heterocycles. The zero-order valence-corrected chi connectivity index (χ0v) is 12.7. The molecule has 0 spiro atoms. The summed E-state index contributed by atoms with van der Waals surface area (Å²) in [5, 5.41) is 0.821. The molecule has 2 N–H and O–H groups in total. The fraction of sp³-hybridized carbons (Fsp3) is 0.600. The molecule has 0 aromatic heterocycles. The van der Waals surface area contributed by atoms with Crippen molar-refractivity contribution in [3.8, 4) is 0 Å². The third kappa shape index (κ3) is 4.18.